The molecule has 198 valence electrons. The number of carbonyl (C=O) groups is 1. The molecule has 1 saturated carbocycles. The molecule has 1 aliphatic rings. The Hall–Kier alpha value is -3.44. The van der Waals surface area contributed by atoms with Crippen molar-refractivity contribution in [2.45, 2.75) is 45.7 Å². The summed E-state index contributed by atoms with van der Waals surface area (Å²) in [6.07, 6.45) is 4.71. The SMILES string of the molecule is CCOC(=O)c1c(C(Cc2ccccc2F)=S(=O)=O)n(C2CC2)c2cc(Br)c(O)c(Cn3ccnc3C)c12. The van der Waals surface area contributed by atoms with Gasteiger partial charge in [-0.25, -0.2) is 14.2 Å². The second-order valence-electron chi connectivity index (χ2n) is 9.15. The van der Waals surface area contributed by atoms with Crippen LogP contribution in [0.2, 0.25) is 0 Å². The van der Waals surface area contributed by atoms with Gasteiger partial charge in [-0.1, -0.05) is 18.2 Å². The van der Waals surface area contributed by atoms with E-state index in [-0.39, 0.29) is 53.0 Å². The third-order valence-corrected chi connectivity index (χ3v) is 8.08. The third kappa shape index (κ3) is 4.64. The molecule has 5 rings (SSSR count). The molecule has 2 aromatic carbocycles. The maximum Gasteiger partial charge on any atom is 0.341 e. The van der Waals surface area contributed by atoms with Crippen LogP contribution in [0.5, 0.6) is 5.75 Å². The number of aromatic hydroxyl groups is 1. The Morgan fingerprint density at radius 2 is 2.03 bits per heavy atom. The van der Waals surface area contributed by atoms with Crippen molar-refractivity contribution >= 4 is 48.0 Å². The van der Waals surface area contributed by atoms with Gasteiger partial charge in [-0.05, 0) is 60.3 Å². The van der Waals surface area contributed by atoms with Crippen LogP contribution in [0.25, 0.3) is 10.9 Å². The van der Waals surface area contributed by atoms with Crippen LogP contribution >= 0.6 is 15.9 Å². The van der Waals surface area contributed by atoms with Gasteiger partial charge in [0.1, 0.15) is 22.3 Å². The number of carbonyl (C=O) groups excluding carboxylic acids is 1. The van der Waals surface area contributed by atoms with Crippen LogP contribution < -0.4 is 0 Å². The largest absolute Gasteiger partial charge is 0.506 e. The zero-order chi connectivity index (χ0) is 27.1. The molecule has 11 heteroatoms. The zero-order valence-electron chi connectivity index (χ0n) is 20.7. The minimum atomic E-state index is -2.79. The standard InChI is InChI=1S/C27H25BrFN3O5S/c1-3-37-27(34)24-23-18(14-31-11-10-30-15(31)2)26(33)19(28)13-21(23)32(17-8-9-17)25(24)22(38(35)36)12-16-6-4-5-7-20(16)29/h4-7,10-11,13,17,33H,3,8-9,12,14H2,1-2H3. The van der Waals surface area contributed by atoms with Gasteiger partial charge in [0, 0.05) is 35.8 Å². The summed E-state index contributed by atoms with van der Waals surface area (Å²) in [6, 6.07) is 7.58. The van der Waals surface area contributed by atoms with Gasteiger partial charge in [0.15, 0.2) is 0 Å². The second-order valence-corrected chi connectivity index (χ2v) is 11.0. The number of phenols is 1. The van der Waals surface area contributed by atoms with Gasteiger partial charge in [0.25, 0.3) is 0 Å². The Balaban J connectivity index is 1.88. The van der Waals surface area contributed by atoms with Gasteiger partial charge in [0.2, 0.25) is 10.3 Å². The average Bonchev–Trinajstić information content (AvgIpc) is 3.55. The summed E-state index contributed by atoms with van der Waals surface area (Å²) in [5.41, 5.74) is 1.39. The van der Waals surface area contributed by atoms with Crippen LogP contribution in [0.3, 0.4) is 0 Å². The van der Waals surface area contributed by atoms with Crippen molar-refractivity contribution in [1.82, 2.24) is 14.1 Å². The molecule has 2 aromatic heterocycles. The van der Waals surface area contributed by atoms with Crippen LogP contribution in [0.15, 0.2) is 47.2 Å². The summed E-state index contributed by atoms with van der Waals surface area (Å²) in [6.45, 7) is 3.73. The first kappa shape index (κ1) is 26.2. The topological polar surface area (TPSA) is 103 Å². The molecule has 0 aliphatic heterocycles. The molecule has 1 fully saturated rings. The number of aryl methyl sites for hydroxylation is 1. The molecule has 1 N–H and O–H groups in total. The minimum absolute atomic E-state index is 0.0415. The van der Waals surface area contributed by atoms with E-state index in [1.54, 1.807) is 31.5 Å². The molecule has 0 spiro atoms. The molecule has 8 nitrogen and oxygen atoms in total. The maximum atomic E-state index is 14.6. The number of benzene rings is 2. The number of phenolic OH excluding ortho intramolecular Hbond substituents is 1. The number of nitrogens with zero attached hydrogens (tertiary/aromatic N) is 3. The number of esters is 1. The van der Waals surface area contributed by atoms with E-state index < -0.39 is 22.1 Å². The number of halogens is 2. The monoisotopic (exact) mass is 601 g/mol. The van der Waals surface area contributed by atoms with Gasteiger partial charge >= 0.3 is 5.97 Å². The molecule has 4 aromatic rings. The Kier molecular flexibility index (Phi) is 7.15. The number of fused-ring (bicyclic) bond motifs is 1. The molecular weight excluding hydrogens is 577 g/mol. The van der Waals surface area contributed by atoms with Crippen LogP contribution in [-0.4, -0.2) is 45.1 Å². The van der Waals surface area contributed by atoms with E-state index in [1.165, 1.54) is 18.2 Å². The summed E-state index contributed by atoms with van der Waals surface area (Å²) < 4.78 is 49.6. The molecule has 0 atom stereocenters. The highest BCUT2D eigenvalue weighted by Crippen LogP contribution is 2.46. The van der Waals surface area contributed by atoms with Crippen molar-refractivity contribution in [3.8, 4) is 5.75 Å². The highest BCUT2D eigenvalue weighted by atomic mass is 79.9. The Bertz CT molecular complexity index is 1710. The fourth-order valence-electron chi connectivity index (χ4n) is 4.83. The molecule has 0 radical (unpaired) electrons. The molecule has 0 saturated heterocycles. The van der Waals surface area contributed by atoms with Crippen molar-refractivity contribution < 1.29 is 27.4 Å². The first-order valence-electron chi connectivity index (χ1n) is 12.1. The molecule has 0 bridgehead atoms. The number of ether oxygens (including phenoxy) is 1. The molecule has 2 heterocycles. The van der Waals surface area contributed by atoms with E-state index in [2.05, 4.69) is 20.9 Å². The van der Waals surface area contributed by atoms with Gasteiger partial charge in [-0.2, -0.15) is 8.42 Å². The normalized spacial score (nSPS) is 13.2. The van der Waals surface area contributed by atoms with Gasteiger partial charge < -0.3 is 19.0 Å². The highest BCUT2D eigenvalue weighted by Gasteiger charge is 2.37. The smallest absolute Gasteiger partial charge is 0.341 e. The lowest BCUT2D eigenvalue weighted by Gasteiger charge is -2.13. The number of hydrogen-bond acceptors (Lipinski definition) is 6. The van der Waals surface area contributed by atoms with Crippen LogP contribution in [0.1, 0.15) is 58.8 Å². The van der Waals surface area contributed by atoms with E-state index >= 15 is 0 Å². The van der Waals surface area contributed by atoms with Gasteiger partial charge in [0.05, 0.1) is 34.4 Å². The Labute approximate surface area is 228 Å². The van der Waals surface area contributed by atoms with Crippen molar-refractivity contribution in [2.24, 2.45) is 0 Å². The molecular formula is C27H25BrFN3O5S. The number of rotatable bonds is 8. The van der Waals surface area contributed by atoms with Crippen molar-refractivity contribution in [3.63, 3.8) is 0 Å². The lowest BCUT2D eigenvalue weighted by Crippen LogP contribution is -2.18. The third-order valence-electron chi connectivity index (χ3n) is 6.74. The first-order valence-corrected chi connectivity index (χ1v) is 14.0. The van der Waals surface area contributed by atoms with E-state index in [0.717, 1.165) is 12.8 Å². The first-order chi connectivity index (χ1) is 18.2. The number of imidazole rings is 1. The lowest BCUT2D eigenvalue weighted by molar-refractivity contribution is 0.0528. The van der Waals surface area contributed by atoms with E-state index in [0.29, 0.717) is 26.8 Å². The highest BCUT2D eigenvalue weighted by molar-refractivity contribution is 9.10. The summed E-state index contributed by atoms with van der Waals surface area (Å²) >= 11 is 3.44. The van der Waals surface area contributed by atoms with Crippen LogP contribution in [0.4, 0.5) is 4.39 Å². The Morgan fingerprint density at radius 1 is 1.29 bits per heavy atom. The predicted molar refractivity (Wildman–Crippen MR) is 145 cm³/mol. The van der Waals surface area contributed by atoms with Crippen molar-refractivity contribution in [2.75, 3.05) is 6.61 Å². The summed E-state index contributed by atoms with van der Waals surface area (Å²) in [5.74, 6) is -0.633. The number of aromatic nitrogens is 3. The minimum Gasteiger partial charge on any atom is -0.506 e. The molecule has 38 heavy (non-hydrogen) atoms. The summed E-state index contributed by atoms with van der Waals surface area (Å²) in [5, 5.41) is 11.6. The summed E-state index contributed by atoms with van der Waals surface area (Å²) in [7, 11) is -2.79. The quantitative estimate of drug-likeness (QED) is 0.174. The molecule has 0 amide bonds. The van der Waals surface area contributed by atoms with E-state index in [9.17, 15) is 22.7 Å². The van der Waals surface area contributed by atoms with Gasteiger partial charge in [-0.3, -0.25) is 0 Å². The zero-order valence-corrected chi connectivity index (χ0v) is 23.1. The summed E-state index contributed by atoms with van der Waals surface area (Å²) in [4.78, 5) is 17.7. The van der Waals surface area contributed by atoms with Crippen LogP contribution in [-0.2, 0) is 28.0 Å². The van der Waals surface area contributed by atoms with E-state index in [4.69, 9.17) is 4.74 Å². The fourth-order valence-corrected chi connectivity index (χ4v) is 5.91. The lowest BCUT2D eigenvalue weighted by atomic mass is 10.00. The number of hydrogen-bond donors (Lipinski definition) is 1. The predicted octanol–water partition coefficient (Wildman–Crippen LogP) is 4.96. The second kappa shape index (κ2) is 10.4. The molecule has 0 unspecified atom stereocenters. The average molecular weight is 602 g/mol. The van der Waals surface area contributed by atoms with E-state index in [1.807, 2.05) is 16.1 Å². The Morgan fingerprint density at radius 3 is 2.63 bits per heavy atom. The maximum absolute atomic E-state index is 14.6. The van der Waals surface area contributed by atoms with Gasteiger partial charge in [-0.15, -0.1) is 0 Å². The van der Waals surface area contributed by atoms with Crippen molar-refractivity contribution in [1.29, 1.82) is 0 Å². The fraction of sp³-hybridized carbons (Fsp3) is 0.296. The molecule has 1 aliphatic carbocycles. The van der Waals surface area contributed by atoms with Crippen LogP contribution in [0, 0.1) is 12.7 Å². The van der Waals surface area contributed by atoms with Crippen molar-refractivity contribution in [3.05, 3.63) is 81.2 Å².